The van der Waals surface area contributed by atoms with Crippen molar-refractivity contribution in [2.24, 2.45) is 11.8 Å². The molecule has 0 aromatic carbocycles. The molecule has 0 aromatic rings. The Balaban J connectivity index is 1.64. The SMILES string of the molecule is CCCCOC1O[C@@H](SC)C1C(O)[C@@H]1OC2(CCCCC2)OCC1C. The fourth-order valence-corrected chi connectivity index (χ4v) is 4.96. The molecule has 1 spiro atoms. The number of aliphatic hydroxyl groups is 1. The lowest BCUT2D eigenvalue weighted by Gasteiger charge is -2.52. The Hall–Kier alpha value is 0.150. The average Bonchev–Trinajstić information content (AvgIpc) is 2.60. The van der Waals surface area contributed by atoms with Crippen LogP contribution in [0.2, 0.25) is 0 Å². The van der Waals surface area contributed by atoms with Gasteiger partial charge < -0.3 is 24.1 Å². The highest BCUT2D eigenvalue weighted by molar-refractivity contribution is 7.99. The summed E-state index contributed by atoms with van der Waals surface area (Å²) in [6, 6.07) is 0. The summed E-state index contributed by atoms with van der Waals surface area (Å²) in [6.07, 6.45) is 8.40. The zero-order valence-corrected chi connectivity index (χ0v) is 16.6. The minimum absolute atomic E-state index is 0.0254. The third-order valence-electron chi connectivity index (χ3n) is 5.78. The molecular weight excluding hydrogens is 340 g/mol. The van der Waals surface area contributed by atoms with E-state index in [0.717, 1.165) is 38.5 Å². The van der Waals surface area contributed by atoms with Crippen molar-refractivity contribution < 1.29 is 24.1 Å². The van der Waals surface area contributed by atoms with Crippen LogP contribution in [0.4, 0.5) is 0 Å². The van der Waals surface area contributed by atoms with Gasteiger partial charge in [0.15, 0.2) is 12.1 Å². The number of ether oxygens (including phenoxy) is 4. The topological polar surface area (TPSA) is 57.2 Å². The highest BCUT2D eigenvalue weighted by Gasteiger charge is 2.53. The minimum atomic E-state index is -0.587. The summed E-state index contributed by atoms with van der Waals surface area (Å²) in [4.78, 5) is 0. The highest BCUT2D eigenvalue weighted by atomic mass is 32.2. The predicted octanol–water partition coefficient (Wildman–Crippen LogP) is 3.54. The molecule has 1 aliphatic carbocycles. The Morgan fingerprint density at radius 1 is 1.28 bits per heavy atom. The van der Waals surface area contributed by atoms with Gasteiger partial charge in [0.2, 0.25) is 0 Å². The molecule has 6 atom stereocenters. The van der Waals surface area contributed by atoms with E-state index in [0.29, 0.717) is 13.2 Å². The summed E-state index contributed by atoms with van der Waals surface area (Å²) in [7, 11) is 0. The van der Waals surface area contributed by atoms with Crippen LogP contribution in [0.15, 0.2) is 0 Å². The van der Waals surface area contributed by atoms with Crippen LogP contribution in [0.5, 0.6) is 0 Å². The van der Waals surface area contributed by atoms with E-state index in [4.69, 9.17) is 18.9 Å². The molecule has 2 saturated heterocycles. The van der Waals surface area contributed by atoms with Gasteiger partial charge in [-0.2, -0.15) is 0 Å². The molecule has 3 aliphatic rings. The Labute approximate surface area is 156 Å². The summed E-state index contributed by atoms with van der Waals surface area (Å²) in [5.41, 5.74) is -0.0254. The van der Waals surface area contributed by atoms with Crippen LogP contribution >= 0.6 is 11.8 Å². The summed E-state index contributed by atoms with van der Waals surface area (Å²) in [6.45, 7) is 5.58. The Morgan fingerprint density at radius 2 is 2.04 bits per heavy atom. The van der Waals surface area contributed by atoms with Crippen molar-refractivity contribution in [2.45, 2.75) is 88.5 Å². The Kier molecular flexibility index (Phi) is 7.08. The van der Waals surface area contributed by atoms with Gasteiger partial charge in [-0.15, -0.1) is 11.8 Å². The van der Waals surface area contributed by atoms with Crippen LogP contribution in [0.25, 0.3) is 0 Å². The van der Waals surface area contributed by atoms with E-state index in [1.165, 1.54) is 6.42 Å². The molecule has 0 amide bonds. The zero-order chi connectivity index (χ0) is 17.9. The van der Waals surface area contributed by atoms with E-state index < -0.39 is 11.9 Å². The van der Waals surface area contributed by atoms with E-state index in [2.05, 4.69) is 13.8 Å². The second kappa shape index (κ2) is 8.89. The quantitative estimate of drug-likeness (QED) is 0.688. The molecule has 3 rings (SSSR count). The van der Waals surface area contributed by atoms with Gasteiger partial charge in [-0.25, -0.2) is 0 Å². The Morgan fingerprint density at radius 3 is 2.72 bits per heavy atom. The molecule has 0 bridgehead atoms. The smallest absolute Gasteiger partial charge is 0.168 e. The van der Waals surface area contributed by atoms with Gasteiger partial charge in [0.1, 0.15) is 5.44 Å². The number of unbranched alkanes of at least 4 members (excludes halogenated alkanes) is 1. The summed E-state index contributed by atoms with van der Waals surface area (Å²) in [5.74, 6) is -0.353. The number of hydrogen-bond donors (Lipinski definition) is 1. The largest absolute Gasteiger partial charge is 0.390 e. The van der Waals surface area contributed by atoms with Gasteiger partial charge in [-0.1, -0.05) is 26.7 Å². The molecule has 25 heavy (non-hydrogen) atoms. The first-order valence-electron chi connectivity index (χ1n) is 9.90. The lowest BCUT2D eigenvalue weighted by Crippen LogP contribution is -2.62. The molecule has 146 valence electrons. The van der Waals surface area contributed by atoms with Crippen molar-refractivity contribution in [1.82, 2.24) is 0 Å². The first kappa shape index (κ1) is 19.9. The second-order valence-electron chi connectivity index (χ2n) is 7.74. The first-order valence-corrected chi connectivity index (χ1v) is 11.2. The molecule has 0 aromatic heterocycles. The fraction of sp³-hybridized carbons (Fsp3) is 1.00. The molecule has 2 aliphatic heterocycles. The van der Waals surface area contributed by atoms with E-state index in [1.807, 2.05) is 6.26 Å². The predicted molar refractivity (Wildman–Crippen MR) is 98.3 cm³/mol. The van der Waals surface area contributed by atoms with E-state index >= 15 is 0 Å². The maximum Gasteiger partial charge on any atom is 0.168 e. The molecule has 5 nitrogen and oxygen atoms in total. The van der Waals surface area contributed by atoms with Gasteiger partial charge in [-0.3, -0.25) is 0 Å². The van der Waals surface area contributed by atoms with Crippen molar-refractivity contribution in [2.75, 3.05) is 19.5 Å². The van der Waals surface area contributed by atoms with Gasteiger partial charge in [0, 0.05) is 25.4 Å². The molecule has 3 fully saturated rings. The van der Waals surface area contributed by atoms with Gasteiger partial charge in [-0.05, 0) is 25.5 Å². The zero-order valence-electron chi connectivity index (χ0n) is 15.8. The maximum atomic E-state index is 11.2. The van der Waals surface area contributed by atoms with Crippen LogP contribution in [0.3, 0.4) is 0 Å². The lowest BCUT2D eigenvalue weighted by molar-refractivity contribution is -0.358. The minimum Gasteiger partial charge on any atom is -0.390 e. The van der Waals surface area contributed by atoms with E-state index in [9.17, 15) is 5.11 Å². The summed E-state index contributed by atoms with van der Waals surface area (Å²) < 4.78 is 24.2. The molecule has 2 heterocycles. The number of rotatable bonds is 7. The molecule has 1 saturated carbocycles. The molecule has 6 heteroatoms. The first-order chi connectivity index (χ1) is 12.1. The second-order valence-corrected chi connectivity index (χ2v) is 8.68. The van der Waals surface area contributed by atoms with Crippen LogP contribution in [0.1, 0.15) is 58.8 Å². The van der Waals surface area contributed by atoms with Crippen molar-refractivity contribution in [3.05, 3.63) is 0 Å². The van der Waals surface area contributed by atoms with Crippen molar-refractivity contribution in [3.8, 4) is 0 Å². The number of aliphatic hydroxyl groups excluding tert-OH is 1. The van der Waals surface area contributed by atoms with Gasteiger partial charge in [0.05, 0.1) is 24.7 Å². The maximum absolute atomic E-state index is 11.2. The fourth-order valence-electron chi connectivity index (χ4n) is 4.14. The molecule has 0 radical (unpaired) electrons. The average molecular weight is 375 g/mol. The van der Waals surface area contributed by atoms with Crippen molar-refractivity contribution >= 4 is 11.8 Å². The third-order valence-corrected chi connectivity index (χ3v) is 6.67. The van der Waals surface area contributed by atoms with E-state index in [1.54, 1.807) is 11.8 Å². The van der Waals surface area contributed by atoms with E-state index in [-0.39, 0.29) is 29.7 Å². The third kappa shape index (κ3) is 4.36. The van der Waals surface area contributed by atoms with Crippen molar-refractivity contribution in [1.29, 1.82) is 0 Å². The number of hydrogen-bond acceptors (Lipinski definition) is 6. The van der Waals surface area contributed by atoms with Gasteiger partial charge >= 0.3 is 0 Å². The summed E-state index contributed by atoms with van der Waals surface area (Å²) >= 11 is 1.63. The van der Waals surface area contributed by atoms with Gasteiger partial charge in [0.25, 0.3) is 0 Å². The highest BCUT2D eigenvalue weighted by Crippen LogP contribution is 2.44. The van der Waals surface area contributed by atoms with Crippen LogP contribution in [-0.2, 0) is 18.9 Å². The molecule has 4 unspecified atom stereocenters. The Bertz CT molecular complexity index is 415. The monoisotopic (exact) mass is 374 g/mol. The lowest BCUT2D eigenvalue weighted by atomic mass is 9.85. The standard InChI is InChI=1S/C19H34O5S/c1-4-5-11-21-17-14(18(23-17)25-3)15(20)16-13(2)12-22-19(24-16)9-7-6-8-10-19/h13-18,20H,4-12H2,1-3H3/t13?,14?,15?,16-,17?,18+/m1/s1. The summed E-state index contributed by atoms with van der Waals surface area (Å²) in [5, 5.41) is 11.2. The van der Waals surface area contributed by atoms with Crippen LogP contribution < -0.4 is 0 Å². The van der Waals surface area contributed by atoms with Crippen LogP contribution in [-0.4, -0.2) is 54.3 Å². The molecule has 1 N–H and O–H groups in total. The normalized spacial score (nSPS) is 39.1. The number of thioether (sulfide) groups is 1. The molecular formula is C19H34O5S. The van der Waals surface area contributed by atoms with Crippen molar-refractivity contribution in [3.63, 3.8) is 0 Å². The van der Waals surface area contributed by atoms with Crippen LogP contribution in [0, 0.1) is 11.8 Å².